The number of aromatic nitrogens is 2. The van der Waals surface area contributed by atoms with E-state index in [0.717, 1.165) is 6.42 Å². The monoisotopic (exact) mass is 292 g/mol. The Morgan fingerprint density at radius 2 is 2.10 bits per heavy atom. The topological polar surface area (TPSA) is 67.2 Å². The van der Waals surface area contributed by atoms with Gasteiger partial charge in [0.15, 0.2) is 0 Å². The first-order chi connectivity index (χ1) is 9.87. The van der Waals surface area contributed by atoms with E-state index in [1.165, 1.54) is 0 Å². The van der Waals surface area contributed by atoms with Crippen molar-refractivity contribution in [3.05, 3.63) is 18.5 Å². The molecule has 0 bridgehead atoms. The first kappa shape index (κ1) is 15.5. The van der Waals surface area contributed by atoms with Crippen LogP contribution in [-0.2, 0) is 16.1 Å². The van der Waals surface area contributed by atoms with Crippen LogP contribution in [0.2, 0.25) is 0 Å². The van der Waals surface area contributed by atoms with Gasteiger partial charge in [0.2, 0.25) is 11.8 Å². The third-order valence-corrected chi connectivity index (χ3v) is 4.37. The highest BCUT2D eigenvalue weighted by molar-refractivity contribution is 5.99. The summed E-state index contributed by atoms with van der Waals surface area (Å²) in [6.45, 7) is 8.66. The van der Waals surface area contributed by atoms with E-state index in [1.54, 1.807) is 29.6 Å². The summed E-state index contributed by atoms with van der Waals surface area (Å²) in [5.41, 5.74) is -0.825. The Hall–Kier alpha value is -1.85. The van der Waals surface area contributed by atoms with Gasteiger partial charge in [-0.1, -0.05) is 20.3 Å². The minimum atomic E-state index is -0.825. The number of carbonyl (C=O) groups excluding carboxylic acids is 2. The molecule has 2 heterocycles. The highest BCUT2D eigenvalue weighted by atomic mass is 16.2. The molecule has 6 heteroatoms. The fourth-order valence-electron chi connectivity index (χ4n) is 2.59. The Morgan fingerprint density at radius 1 is 1.38 bits per heavy atom. The summed E-state index contributed by atoms with van der Waals surface area (Å²) in [5.74, 6) is 0.0405. The van der Waals surface area contributed by atoms with E-state index >= 15 is 0 Å². The molecule has 21 heavy (non-hydrogen) atoms. The van der Waals surface area contributed by atoms with Crippen molar-refractivity contribution < 1.29 is 9.59 Å². The quantitative estimate of drug-likeness (QED) is 0.881. The SMILES string of the molecule is CCC(C)C1NC(=O)C(C)(C)N(CCn2cccn2)C1=O. The molecule has 1 fully saturated rings. The summed E-state index contributed by atoms with van der Waals surface area (Å²) in [6, 6.07) is 1.42. The molecule has 2 rings (SSSR count). The summed E-state index contributed by atoms with van der Waals surface area (Å²) in [4.78, 5) is 26.7. The van der Waals surface area contributed by atoms with Gasteiger partial charge in [-0.2, -0.15) is 5.10 Å². The number of nitrogens with one attached hydrogen (secondary N) is 1. The van der Waals surface area contributed by atoms with Crippen LogP contribution in [0, 0.1) is 5.92 Å². The molecule has 6 nitrogen and oxygen atoms in total. The second kappa shape index (κ2) is 5.87. The summed E-state index contributed by atoms with van der Waals surface area (Å²) >= 11 is 0. The number of carbonyl (C=O) groups is 2. The average Bonchev–Trinajstić information content (AvgIpc) is 2.95. The maximum atomic E-state index is 12.7. The number of rotatable bonds is 5. The maximum absolute atomic E-state index is 12.7. The van der Waals surface area contributed by atoms with Crippen LogP contribution >= 0.6 is 0 Å². The lowest BCUT2D eigenvalue weighted by Gasteiger charge is -2.45. The van der Waals surface area contributed by atoms with Crippen LogP contribution in [0.3, 0.4) is 0 Å². The first-order valence-corrected chi connectivity index (χ1v) is 7.47. The van der Waals surface area contributed by atoms with Crippen molar-refractivity contribution in [1.29, 1.82) is 0 Å². The Labute approximate surface area is 125 Å². The van der Waals surface area contributed by atoms with Crippen molar-refractivity contribution in [3.8, 4) is 0 Å². The van der Waals surface area contributed by atoms with Crippen LogP contribution in [0.25, 0.3) is 0 Å². The number of hydrogen-bond acceptors (Lipinski definition) is 3. The van der Waals surface area contributed by atoms with Gasteiger partial charge in [0, 0.05) is 18.9 Å². The van der Waals surface area contributed by atoms with Crippen LogP contribution < -0.4 is 5.32 Å². The zero-order chi connectivity index (χ0) is 15.6. The van der Waals surface area contributed by atoms with Gasteiger partial charge in [-0.05, 0) is 25.8 Å². The van der Waals surface area contributed by atoms with Crippen LogP contribution in [0.1, 0.15) is 34.1 Å². The van der Waals surface area contributed by atoms with E-state index in [2.05, 4.69) is 10.4 Å². The standard InChI is InChI=1S/C15H24N4O2/c1-5-11(2)12-13(20)19(15(3,4)14(21)17-12)10-9-18-8-6-7-16-18/h6-8,11-12H,5,9-10H2,1-4H3,(H,17,21). The zero-order valence-electron chi connectivity index (χ0n) is 13.2. The molecule has 1 aliphatic rings. The molecule has 0 aromatic carbocycles. The molecule has 1 aromatic rings. The van der Waals surface area contributed by atoms with E-state index in [-0.39, 0.29) is 17.7 Å². The van der Waals surface area contributed by atoms with E-state index in [4.69, 9.17) is 0 Å². The normalized spacial score (nSPS) is 23.0. The number of hydrogen-bond donors (Lipinski definition) is 1. The fraction of sp³-hybridized carbons (Fsp3) is 0.667. The van der Waals surface area contributed by atoms with Gasteiger partial charge in [0.25, 0.3) is 0 Å². The van der Waals surface area contributed by atoms with Crippen LogP contribution in [0.15, 0.2) is 18.5 Å². The lowest BCUT2D eigenvalue weighted by Crippen LogP contribution is -2.69. The molecular formula is C15H24N4O2. The number of amides is 2. The molecule has 0 radical (unpaired) electrons. The minimum absolute atomic E-state index is 0.00102. The maximum Gasteiger partial charge on any atom is 0.246 e. The molecule has 2 amide bonds. The molecule has 1 aromatic heterocycles. The van der Waals surface area contributed by atoms with E-state index in [1.807, 2.05) is 26.1 Å². The van der Waals surface area contributed by atoms with Crippen molar-refractivity contribution in [1.82, 2.24) is 20.0 Å². The van der Waals surface area contributed by atoms with Gasteiger partial charge in [-0.25, -0.2) is 0 Å². The average molecular weight is 292 g/mol. The van der Waals surface area contributed by atoms with Crippen molar-refractivity contribution >= 4 is 11.8 Å². The lowest BCUT2D eigenvalue weighted by molar-refractivity contribution is -0.157. The van der Waals surface area contributed by atoms with Gasteiger partial charge < -0.3 is 10.2 Å². The number of piperazine rings is 1. The third-order valence-electron chi connectivity index (χ3n) is 4.37. The highest BCUT2D eigenvalue weighted by Crippen LogP contribution is 2.24. The largest absolute Gasteiger partial charge is 0.342 e. The van der Waals surface area contributed by atoms with E-state index in [0.29, 0.717) is 13.1 Å². The highest BCUT2D eigenvalue weighted by Gasteiger charge is 2.47. The Balaban J connectivity index is 2.17. The molecule has 0 saturated carbocycles. The van der Waals surface area contributed by atoms with Gasteiger partial charge in [-0.15, -0.1) is 0 Å². The predicted octanol–water partition coefficient (Wildman–Crippen LogP) is 1.03. The number of nitrogens with zero attached hydrogens (tertiary/aromatic N) is 3. The molecule has 0 spiro atoms. The molecule has 2 unspecified atom stereocenters. The fourth-order valence-corrected chi connectivity index (χ4v) is 2.59. The van der Waals surface area contributed by atoms with Gasteiger partial charge in [0.1, 0.15) is 11.6 Å². The Bertz CT molecular complexity index is 510. The summed E-state index contributed by atoms with van der Waals surface area (Å²) in [7, 11) is 0. The second-order valence-electron chi connectivity index (χ2n) is 6.15. The lowest BCUT2D eigenvalue weighted by atomic mass is 9.89. The summed E-state index contributed by atoms with van der Waals surface area (Å²) < 4.78 is 1.77. The Morgan fingerprint density at radius 3 is 2.67 bits per heavy atom. The molecule has 1 saturated heterocycles. The molecule has 1 aliphatic heterocycles. The third kappa shape index (κ3) is 2.94. The van der Waals surface area contributed by atoms with Crippen molar-refractivity contribution in [2.24, 2.45) is 5.92 Å². The van der Waals surface area contributed by atoms with E-state index in [9.17, 15) is 9.59 Å². The summed E-state index contributed by atoms with van der Waals surface area (Å²) in [6.07, 6.45) is 4.41. The van der Waals surface area contributed by atoms with Crippen LogP contribution in [-0.4, -0.2) is 44.6 Å². The molecular weight excluding hydrogens is 268 g/mol. The smallest absolute Gasteiger partial charge is 0.246 e. The molecule has 2 atom stereocenters. The minimum Gasteiger partial charge on any atom is -0.342 e. The van der Waals surface area contributed by atoms with Gasteiger partial charge in [0.05, 0.1) is 6.54 Å². The van der Waals surface area contributed by atoms with Crippen molar-refractivity contribution in [2.75, 3.05) is 6.54 Å². The summed E-state index contributed by atoms with van der Waals surface area (Å²) in [5, 5.41) is 7.02. The van der Waals surface area contributed by atoms with Crippen molar-refractivity contribution in [2.45, 2.75) is 52.2 Å². The van der Waals surface area contributed by atoms with Gasteiger partial charge >= 0.3 is 0 Å². The molecule has 1 N–H and O–H groups in total. The van der Waals surface area contributed by atoms with E-state index < -0.39 is 11.6 Å². The van der Waals surface area contributed by atoms with Gasteiger partial charge in [-0.3, -0.25) is 14.3 Å². The van der Waals surface area contributed by atoms with Crippen LogP contribution in [0.5, 0.6) is 0 Å². The zero-order valence-corrected chi connectivity index (χ0v) is 13.2. The van der Waals surface area contributed by atoms with Crippen LogP contribution in [0.4, 0.5) is 0 Å². The van der Waals surface area contributed by atoms with Crippen molar-refractivity contribution in [3.63, 3.8) is 0 Å². The predicted molar refractivity (Wildman–Crippen MR) is 79.4 cm³/mol. The Kier molecular flexibility index (Phi) is 4.34. The second-order valence-corrected chi connectivity index (χ2v) is 6.15. The first-order valence-electron chi connectivity index (χ1n) is 7.47. The molecule has 116 valence electrons. The molecule has 0 aliphatic carbocycles.